The van der Waals surface area contributed by atoms with Crippen molar-refractivity contribution in [2.45, 2.75) is 31.3 Å². The maximum absolute atomic E-state index is 13.0. The van der Waals surface area contributed by atoms with Crippen molar-refractivity contribution in [2.24, 2.45) is 0 Å². The number of nitrogens with zero attached hydrogens (tertiary/aromatic N) is 2. The van der Waals surface area contributed by atoms with Crippen molar-refractivity contribution >= 4 is 23.2 Å². The Balaban J connectivity index is 1.71. The molecule has 1 fully saturated rings. The van der Waals surface area contributed by atoms with Crippen LogP contribution in [0.5, 0.6) is 5.75 Å². The predicted molar refractivity (Wildman–Crippen MR) is 115 cm³/mol. The van der Waals surface area contributed by atoms with Crippen LogP contribution in [0.1, 0.15) is 40.5 Å². The lowest BCUT2D eigenvalue weighted by molar-refractivity contribution is -0.126. The van der Waals surface area contributed by atoms with Gasteiger partial charge in [0.05, 0.1) is 18.0 Å². The number of hydrogen-bond donors (Lipinski definition) is 1. The van der Waals surface area contributed by atoms with Gasteiger partial charge in [-0.25, -0.2) is 0 Å². The highest BCUT2D eigenvalue weighted by atomic mass is 32.1. The molecule has 2 atom stereocenters. The fourth-order valence-electron chi connectivity index (χ4n) is 3.82. The minimum absolute atomic E-state index is 0.0276. The van der Waals surface area contributed by atoms with Crippen molar-refractivity contribution in [1.82, 2.24) is 15.1 Å². The molecule has 156 valence electrons. The Morgan fingerprint density at radius 2 is 2.03 bits per heavy atom. The molecule has 0 bridgehead atoms. The quantitative estimate of drug-likeness (QED) is 0.755. The number of thiophene rings is 1. The number of amides is 2. The Morgan fingerprint density at radius 1 is 1.24 bits per heavy atom. The van der Waals surface area contributed by atoms with E-state index in [4.69, 9.17) is 4.74 Å². The molecular formula is C22H29N3O3S. The van der Waals surface area contributed by atoms with E-state index in [0.29, 0.717) is 24.4 Å². The number of carbonyl (C=O) groups excluding carboxylic acids is 2. The lowest BCUT2D eigenvalue weighted by Crippen LogP contribution is -2.52. The number of para-hydroxylation sites is 1. The lowest BCUT2D eigenvalue weighted by atomic mass is 10.00. The van der Waals surface area contributed by atoms with E-state index in [-0.39, 0.29) is 17.9 Å². The summed E-state index contributed by atoms with van der Waals surface area (Å²) in [5, 5.41) is 4.98. The van der Waals surface area contributed by atoms with E-state index in [0.717, 1.165) is 24.2 Å². The van der Waals surface area contributed by atoms with Gasteiger partial charge in [0.25, 0.3) is 5.91 Å². The van der Waals surface area contributed by atoms with Gasteiger partial charge in [-0.05, 0) is 50.9 Å². The Labute approximate surface area is 176 Å². The molecular weight excluding hydrogens is 386 g/mol. The summed E-state index contributed by atoms with van der Waals surface area (Å²) in [5.41, 5.74) is 1.02. The second-order valence-corrected chi connectivity index (χ2v) is 8.40. The molecule has 7 heteroatoms. The standard InChI is InChI=1S/C22H29N3O3S/c1-24(2)18(16-9-4-5-11-19(16)28-3)15-23-21(26)17-10-6-7-13-25(17)22(27)20-12-8-14-29-20/h4-5,8-9,11-12,14,17-18H,6-7,10,13,15H2,1-3H3,(H,23,26). The van der Waals surface area contributed by atoms with Crippen LogP contribution in [0.25, 0.3) is 0 Å². The van der Waals surface area contributed by atoms with Gasteiger partial charge < -0.3 is 19.9 Å². The van der Waals surface area contributed by atoms with Crippen LogP contribution < -0.4 is 10.1 Å². The van der Waals surface area contributed by atoms with Crippen molar-refractivity contribution in [3.8, 4) is 5.75 Å². The van der Waals surface area contributed by atoms with Crippen molar-refractivity contribution in [1.29, 1.82) is 0 Å². The van der Waals surface area contributed by atoms with Crippen molar-refractivity contribution < 1.29 is 14.3 Å². The highest BCUT2D eigenvalue weighted by Crippen LogP contribution is 2.28. The molecule has 0 saturated carbocycles. The Hall–Kier alpha value is -2.38. The highest BCUT2D eigenvalue weighted by Gasteiger charge is 2.33. The molecule has 1 aromatic heterocycles. The normalized spacial score (nSPS) is 17.8. The summed E-state index contributed by atoms with van der Waals surface area (Å²) in [7, 11) is 5.62. The van der Waals surface area contributed by atoms with E-state index >= 15 is 0 Å². The molecule has 3 rings (SSSR count). The van der Waals surface area contributed by atoms with Gasteiger partial charge in [0, 0.05) is 18.7 Å². The maximum Gasteiger partial charge on any atom is 0.264 e. The molecule has 0 aliphatic carbocycles. The van der Waals surface area contributed by atoms with Gasteiger partial charge in [0.1, 0.15) is 11.8 Å². The van der Waals surface area contributed by atoms with Crippen LogP contribution in [0.15, 0.2) is 41.8 Å². The molecule has 6 nitrogen and oxygen atoms in total. The molecule has 1 aliphatic rings. The summed E-state index contributed by atoms with van der Waals surface area (Å²) in [6.45, 7) is 1.07. The first kappa shape index (κ1) is 21.3. The van der Waals surface area contributed by atoms with Gasteiger partial charge in [-0.3, -0.25) is 9.59 Å². The van der Waals surface area contributed by atoms with Crippen LogP contribution in [0.2, 0.25) is 0 Å². The first-order valence-corrected chi connectivity index (χ1v) is 10.8. The van der Waals surface area contributed by atoms with Crippen molar-refractivity contribution in [3.63, 3.8) is 0 Å². The zero-order chi connectivity index (χ0) is 20.8. The number of piperidine rings is 1. The van der Waals surface area contributed by atoms with E-state index in [1.165, 1.54) is 11.3 Å². The molecule has 1 aromatic carbocycles. The fraction of sp³-hybridized carbons (Fsp3) is 0.455. The Kier molecular flexibility index (Phi) is 7.28. The number of carbonyl (C=O) groups is 2. The molecule has 2 amide bonds. The zero-order valence-corrected chi connectivity index (χ0v) is 18.1. The Morgan fingerprint density at radius 3 is 2.72 bits per heavy atom. The number of ether oxygens (including phenoxy) is 1. The smallest absolute Gasteiger partial charge is 0.264 e. The lowest BCUT2D eigenvalue weighted by Gasteiger charge is -2.35. The maximum atomic E-state index is 13.0. The fourth-order valence-corrected chi connectivity index (χ4v) is 4.50. The SMILES string of the molecule is COc1ccccc1C(CNC(=O)C1CCCCN1C(=O)c1cccs1)N(C)C. The minimum Gasteiger partial charge on any atom is -0.496 e. The summed E-state index contributed by atoms with van der Waals surface area (Å²) < 4.78 is 5.50. The van der Waals surface area contributed by atoms with Crippen LogP contribution in [0.3, 0.4) is 0 Å². The van der Waals surface area contributed by atoms with Gasteiger partial charge in [0.2, 0.25) is 5.91 Å². The second kappa shape index (κ2) is 9.89. The number of hydrogen-bond acceptors (Lipinski definition) is 5. The molecule has 1 aliphatic heterocycles. The van der Waals surface area contributed by atoms with E-state index in [1.54, 1.807) is 12.0 Å². The summed E-state index contributed by atoms with van der Waals surface area (Å²) in [6, 6.07) is 11.1. The number of benzene rings is 1. The van der Waals surface area contributed by atoms with Crippen molar-refractivity contribution in [2.75, 3.05) is 34.3 Å². The average molecular weight is 416 g/mol. The molecule has 1 N–H and O–H groups in total. The van der Waals surface area contributed by atoms with Crippen LogP contribution in [-0.4, -0.2) is 62.0 Å². The van der Waals surface area contributed by atoms with Crippen molar-refractivity contribution in [3.05, 3.63) is 52.2 Å². The second-order valence-electron chi connectivity index (χ2n) is 7.45. The number of nitrogens with one attached hydrogen (secondary N) is 1. The van der Waals surface area contributed by atoms with Gasteiger partial charge in [-0.15, -0.1) is 11.3 Å². The third kappa shape index (κ3) is 4.97. The predicted octanol–water partition coefficient (Wildman–Crippen LogP) is 3.17. The number of methoxy groups -OCH3 is 1. The monoisotopic (exact) mass is 415 g/mol. The summed E-state index contributed by atoms with van der Waals surface area (Å²) in [5.74, 6) is 0.665. The molecule has 2 aromatic rings. The van der Waals surface area contributed by atoms with Gasteiger partial charge in [0.15, 0.2) is 0 Å². The van der Waals surface area contributed by atoms with E-state index in [2.05, 4.69) is 10.2 Å². The topological polar surface area (TPSA) is 61.9 Å². The van der Waals surface area contributed by atoms with Gasteiger partial charge in [-0.1, -0.05) is 24.3 Å². The third-order valence-electron chi connectivity index (χ3n) is 5.39. The number of rotatable bonds is 7. The van der Waals surface area contributed by atoms with Crippen LogP contribution in [0.4, 0.5) is 0 Å². The van der Waals surface area contributed by atoms with E-state index in [1.807, 2.05) is 55.9 Å². The Bertz CT molecular complexity index is 822. The van der Waals surface area contributed by atoms with Gasteiger partial charge in [-0.2, -0.15) is 0 Å². The average Bonchev–Trinajstić information content (AvgIpc) is 3.28. The molecule has 0 spiro atoms. The van der Waals surface area contributed by atoms with Gasteiger partial charge >= 0.3 is 0 Å². The number of likely N-dealkylation sites (N-methyl/N-ethyl adjacent to an activating group) is 1. The molecule has 1 saturated heterocycles. The third-order valence-corrected chi connectivity index (χ3v) is 6.25. The van der Waals surface area contributed by atoms with Crippen LogP contribution in [0, 0.1) is 0 Å². The minimum atomic E-state index is -0.418. The summed E-state index contributed by atoms with van der Waals surface area (Å²) in [4.78, 5) is 30.4. The summed E-state index contributed by atoms with van der Waals surface area (Å²) >= 11 is 1.42. The largest absolute Gasteiger partial charge is 0.496 e. The van der Waals surface area contributed by atoms with E-state index in [9.17, 15) is 9.59 Å². The highest BCUT2D eigenvalue weighted by molar-refractivity contribution is 7.12. The first-order valence-electron chi connectivity index (χ1n) is 9.94. The molecule has 2 unspecified atom stereocenters. The number of likely N-dealkylation sites (tertiary alicyclic amines) is 1. The molecule has 2 heterocycles. The van der Waals surface area contributed by atoms with E-state index < -0.39 is 6.04 Å². The molecule has 0 radical (unpaired) electrons. The zero-order valence-electron chi connectivity index (χ0n) is 17.3. The van der Waals surface area contributed by atoms with Crippen LogP contribution in [-0.2, 0) is 4.79 Å². The molecule has 29 heavy (non-hydrogen) atoms. The summed E-state index contributed by atoms with van der Waals surface area (Å²) in [6.07, 6.45) is 2.59. The van der Waals surface area contributed by atoms with Crippen LogP contribution >= 0.6 is 11.3 Å². The first-order chi connectivity index (χ1) is 14.0.